The summed E-state index contributed by atoms with van der Waals surface area (Å²) < 4.78 is 16.8. The summed E-state index contributed by atoms with van der Waals surface area (Å²) in [6.45, 7) is 6.51. The number of carbonyl (C=O) groups is 3. The molecule has 0 saturated heterocycles. The van der Waals surface area contributed by atoms with E-state index in [4.69, 9.17) is 14.2 Å². The SMILES string of the molecule is CC/C=C\C/C=C\C/C=C\C/C=C\C/C=C\C/C=C\C/C=C\CCCCCCCCCCCCCCCC(=O)OCC(COC(=O)CCCCCCCCC)OC(=O)CCCCCCCCCCCCCCCC. The van der Waals surface area contributed by atoms with Crippen LogP contribution in [0.2, 0.25) is 0 Å². The quantitative estimate of drug-likeness (QED) is 0.0261. The maximum atomic E-state index is 12.8. The molecule has 0 heterocycles. The minimum atomic E-state index is -0.769. The van der Waals surface area contributed by atoms with E-state index in [1.54, 1.807) is 0 Å². The summed E-state index contributed by atoms with van der Waals surface area (Å²) in [5.74, 6) is -0.867. The average molecular weight is 1030 g/mol. The zero-order chi connectivity index (χ0) is 53.6. The van der Waals surface area contributed by atoms with Crippen molar-refractivity contribution in [3.05, 3.63) is 85.1 Å². The molecule has 0 aromatic rings. The standard InChI is InChI=1S/C68H118O6/c1-4-7-10-13-16-18-20-22-24-25-26-27-28-29-30-31-32-33-34-35-36-37-38-39-40-41-42-43-44-46-47-49-52-55-58-61-67(70)73-64-65(63-72-66(69)60-57-54-51-15-12-9-6-3)74-68(71)62-59-56-53-50-48-45-23-21-19-17-14-11-8-5-2/h7,10,16,18,22,24,26-27,29-30,32-33,35-36,65H,4-6,8-9,11-15,17,19-21,23,25,28,31,34,37-64H2,1-3H3/b10-7-,18-16-,24-22-,27-26-,30-29-,33-32-,36-35-. The van der Waals surface area contributed by atoms with Crippen LogP contribution in [0.5, 0.6) is 0 Å². The molecule has 0 N–H and O–H groups in total. The number of allylic oxidation sites excluding steroid dienone is 14. The van der Waals surface area contributed by atoms with E-state index in [0.29, 0.717) is 19.3 Å². The van der Waals surface area contributed by atoms with Crippen LogP contribution in [0.4, 0.5) is 0 Å². The molecule has 0 aromatic heterocycles. The number of ether oxygens (including phenoxy) is 3. The van der Waals surface area contributed by atoms with E-state index in [0.717, 1.165) is 103 Å². The van der Waals surface area contributed by atoms with Crippen LogP contribution in [0.3, 0.4) is 0 Å². The summed E-state index contributed by atoms with van der Waals surface area (Å²) in [5, 5.41) is 0. The van der Waals surface area contributed by atoms with Gasteiger partial charge in [-0.05, 0) is 77.0 Å². The predicted octanol–water partition coefficient (Wildman–Crippen LogP) is 21.5. The maximum Gasteiger partial charge on any atom is 0.306 e. The Morgan fingerprint density at radius 1 is 0.284 bits per heavy atom. The van der Waals surface area contributed by atoms with Crippen LogP contribution in [-0.4, -0.2) is 37.2 Å². The first kappa shape index (κ1) is 70.6. The Labute approximate surface area is 458 Å². The molecule has 0 rings (SSSR count). The summed E-state index contributed by atoms with van der Waals surface area (Å²) in [4.78, 5) is 38.0. The highest BCUT2D eigenvalue weighted by atomic mass is 16.6. The van der Waals surface area contributed by atoms with E-state index in [1.807, 2.05) is 0 Å². The fourth-order valence-corrected chi connectivity index (χ4v) is 8.95. The highest BCUT2D eigenvalue weighted by Gasteiger charge is 2.19. The van der Waals surface area contributed by atoms with Gasteiger partial charge in [-0.1, -0.05) is 298 Å². The van der Waals surface area contributed by atoms with Gasteiger partial charge in [0.2, 0.25) is 0 Å². The highest BCUT2D eigenvalue weighted by Crippen LogP contribution is 2.17. The van der Waals surface area contributed by atoms with Gasteiger partial charge in [0.15, 0.2) is 6.10 Å². The van der Waals surface area contributed by atoms with Gasteiger partial charge in [-0.15, -0.1) is 0 Å². The number of esters is 3. The van der Waals surface area contributed by atoms with Gasteiger partial charge in [-0.2, -0.15) is 0 Å². The first-order chi connectivity index (χ1) is 36.5. The molecule has 0 bridgehead atoms. The number of hydrogen-bond donors (Lipinski definition) is 0. The zero-order valence-corrected chi connectivity index (χ0v) is 48.8. The Kier molecular flexibility index (Phi) is 59.3. The fourth-order valence-electron chi connectivity index (χ4n) is 8.95. The minimum absolute atomic E-state index is 0.0712. The third-order valence-corrected chi connectivity index (χ3v) is 13.7. The molecule has 6 nitrogen and oxygen atoms in total. The van der Waals surface area contributed by atoms with Crippen LogP contribution in [0.15, 0.2) is 85.1 Å². The van der Waals surface area contributed by atoms with Crippen LogP contribution >= 0.6 is 0 Å². The van der Waals surface area contributed by atoms with E-state index < -0.39 is 6.10 Å². The second-order valence-corrected chi connectivity index (χ2v) is 21.0. The molecule has 1 unspecified atom stereocenters. The lowest BCUT2D eigenvalue weighted by Gasteiger charge is -2.18. The van der Waals surface area contributed by atoms with Crippen molar-refractivity contribution >= 4 is 17.9 Å². The van der Waals surface area contributed by atoms with E-state index >= 15 is 0 Å². The molecule has 0 saturated carbocycles. The molecular weight excluding hydrogens is 913 g/mol. The number of rotatable bonds is 57. The highest BCUT2D eigenvalue weighted by molar-refractivity contribution is 5.71. The second-order valence-electron chi connectivity index (χ2n) is 21.0. The van der Waals surface area contributed by atoms with Crippen molar-refractivity contribution in [1.29, 1.82) is 0 Å². The first-order valence-electron chi connectivity index (χ1n) is 31.6. The normalized spacial score (nSPS) is 12.6. The molecule has 0 spiro atoms. The zero-order valence-electron chi connectivity index (χ0n) is 48.8. The van der Waals surface area contributed by atoms with Gasteiger partial charge in [0.05, 0.1) is 0 Å². The molecular formula is C68H118O6. The van der Waals surface area contributed by atoms with Crippen molar-refractivity contribution in [3.63, 3.8) is 0 Å². The third-order valence-electron chi connectivity index (χ3n) is 13.7. The largest absolute Gasteiger partial charge is 0.462 e. The molecule has 0 aliphatic carbocycles. The second kappa shape index (κ2) is 62.1. The molecule has 0 fully saturated rings. The molecule has 0 amide bonds. The van der Waals surface area contributed by atoms with Crippen molar-refractivity contribution in [2.75, 3.05) is 13.2 Å². The Balaban J connectivity index is 4.01. The fraction of sp³-hybridized carbons (Fsp3) is 0.750. The van der Waals surface area contributed by atoms with Gasteiger partial charge >= 0.3 is 17.9 Å². The summed E-state index contributed by atoms with van der Waals surface area (Å²) in [6, 6.07) is 0. The molecule has 0 aromatic carbocycles. The van der Waals surface area contributed by atoms with E-state index in [2.05, 4.69) is 106 Å². The van der Waals surface area contributed by atoms with Crippen molar-refractivity contribution in [2.45, 2.75) is 316 Å². The molecule has 1 atom stereocenters. The summed E-state index contributed by atoms with van der Waals surface area (Å²) in [7, 11) is 0. The van der Waals surface area contributed by atoms with Crippen LogP contribution in [0, 0.1) is 0 Å². The topological polar surface area (TPSA) is 78.9 Å². The van der Waals surface area contributed by atoms with Crippen LogP contribution in [0.25, 0.3) is 0 Å². The predicted molar refractivity (Wildman–Crippen MR) is 321 cm³/mol. The first-order valence-corrected chi connectivity index (χ1v) is 31.6. The summed E-state index contributed by atoms with van der Waals surface area (Å²) in [6.07, 6.45) is 81.9. The van der Waals surface area contributed by atoms with Gasteiger partial charge in [-0.25, -0.2) is 0 Å². The van der Waals surface area contributed by atoms with Crippen molar-refractivity contribution < 1.29 is 28.6 Å². The summed E-state index contributed by atoms with van der Waals surface area (Å²) >= 11 is 0. The number of carbonyl (C=O) groups excluding carboxylic acids is 3. The molecule has 74 heavy (non-hydrogen) atoms. The van der Waals surface area contributed by atoms with Crippen LogP contribution < -0.4 is 0 Å². The van der Waals surface area contributed by atoms with E-state index in [1.165, 1.54) is 167 Å². The van der Waals surface area contributed by atoms with Gasteiger partial charge < -0.3 is 14.2 Å². The monoisotopic (exact) mass is 1030 g/mol. The van der Waals surface area contributed by atoms with Crippen LogP contribution in [-0.2, 0) is 28.6 Å². The molecule has 0 aliphatic rings. The molecule has 426 valence electrons. The maximum absolute atomic E-state index is 12.8. The van der Waals surface area contributed by atoms with Gasteiger partial charge in [0.1, 0.15) is 13.2 Å². The lowest BCUT2D eigenvalue weighted by Crippen LogP contribution is -2.30. The smallest absolute Gasteiger partial charge is 0.306 e. The lowest BCUT2D eigenvalue weighted by molar-refractivity contribution is -0.167. The third kappa shape index (κ3) is 59.5. The molecule has 6 heteroatoms. The van der Waals surface area contributed by atoms with Gasteiger partial charge in [0, 0.05) is 19.3 Å². The lowest BCUT2D eigenvalue weighted by atomic mass is 10.0. The Morgan fingerprint density at radius 3 is 0.824 bits per heavy atom. The van der Waals surface area contributed by atoms with Gasteiger partial charge in [-0.3, -0.25) is 14.4 Å². The molecule has 0 radical (unpaired) electrons. The summed E-state index contributed by atoms with van der Waals surface area (Å²) in [5.41, 5.74) is 0. The minimum Gasteiger partial charge on any atom is -0.462 e. The molecule has 0 aliphatic heterocycles. The van der Waals surface area contributed by atoms with Crippen molar-refractivity contribution in [1.82, 2.24) is 0 Å². The average Bonchev–Trinajstić information content (AvgIpc) is 3.40. The Hall–Kier alpha value is -3.41. The number of hydrogen-bond acceptors (Lipinski definition) is 6. The Morgan fingerprint density at radius 2 is 0.527 bits per heavy atom. The van der Waals surface area contributed by atoms with Crippen LogP contribution in [0.1, 0.15) is 310 Å². The van der Waals surface area contributed by atoms with Gasteiger partial charge in [0.25, 0.3) is 0 Å². The van der Waals surface area contributed by atoms with Crippen molar-refractivity contribution in [2.24, 2.45) is 0 Å². The Bertz CT molecular complexity index is 1420. The van der Waals surface area contributed by atoms with Crippen molar-refractivity contribution in [3.8, 4) is 0 Å². The van der Waals surface area contributed by atoms with E-state index in [-0.39, 0.29) is 31.1 Å². The van der Waals surface area contributed by atoms with E-state index in [9.17, 15) is 14.4 Å². The number of unbranched alkanes of at least 4 members (excludes halogenated alkanes) is 32.